The molecule has 0 radical (unpaired) electrons. The minimum atomic E-state index is -0.294. The Kier molecular flexibility index (Phi) is 7.25. The molecule has 1 aromatic carbocycles. The van der Waals surface area contributed by atoms with Gasteiger partial charge in [0.1, 0.15) is 6.26 Å². The van der Waals surface area contributed by atoms with Crippen LogP contribution in [0.3, 0.4) is 0 Å². The summed E-state index contributed by atoms with van der Waals surface area (Å²) in [5, 5.41) is 3.88. The molecule has 0 saturated carbocycles. The smallest absolute Gasteiger partial charge is 0.273 e. The first-order chi connectivity index (χ1) is 13.9. The van der Waals surface area contributed by atoms with Crippen LogP contribution >= 0.6 is 23.2 Å². The van der Waals surface area contributed by atoms with E-state index >= 15 is 0 Å². The molecule has 2 heterocycles. The summed E-state index contributed by atoms with van der Waals surface area (Å²) in [4.78, 5) is 22.8. The van der Waals surface area contributed by atoms with Crippen molar-refractivity contribution in [2.24, 2.45) is 0 Å². The molecule has 0 fully saturated rings. The lowest BCUT2D eigenvalue weighted by molar-refractivity contribution is 0.0945. The summed E-state index contributed by atoms with van der Waals surface area (Å²) in [6, 6.07) is 9.50. The van der Waals surface area contributed by atoms with Gasteiger partial charge in [0, 0.05) is 31.5 Å². The number of rotatable bonds is 8. The summed E-state index contributed by atoms with van der Waals surface area (Å²) in [6.45, 7) is 5.55. The number of carbonyl (C=O) groups is 1. The van der Waals surface area contributed by atoms with E-state index in [4.69, 9.17) is 27.6 Å². The molecular weight excluding hydrogens is 411 g/mol. The first-order valence-corrected chi connectivity index (χ1v) is 9.98. The molecule has 1 amide bonds. The maximum atomic E-state index is 12.3. The van der Waals surface area contributed by atoms with Gasteiger partial charge in [0.15, 0.2) is 5.69 Å². The van der Waals surface area contributed by atoms with Crippen molar-refractivity contribution < 1.29 is 9.21 Å². The van der Waals surface area contributed by atoms with Gasteiger partial charge in [-0.05, 0) is 37.1 Å². The molecule has 0 aliphatic heterocycles. The van der Waals surface area contributed by atoms with E-state index < -0.39 is 0 Å². The molecule has 0 bridgehead atoms. The Morgan fingerprint density at radius 3 is 2.76 bits per heavy atom. The number of nitrogens with zero attached hydrogens (tertiary/aromatic N) is 3. The van der Waals surface area contributed by atoms with Gasteiger partial charge in [-0.2, -0.15) is 0 Å². The molecule has 0 saturated heterocycles. The highest BCUT2D eigenvalue weighted by Gasteiger charge is 2.18. The van der Waals surface area contributed by atoms with Gasteiger partial charge >= 0.3 is 0 Å². The monoisotopic (exact) mass is 432 g/mol. The summed E-state index contributed by atoms with van der Waals surface area (Å²) in [7, 11) is 0. The first-order valence-electron chi connectivity index (χ1n) is 9.22. The fourth-order valence-corrected chi connectivity index (χ4v) is 3.13. The second-order valence-electron chi connectivity index (χ2n) is 6.88. The van der Waals surface area contributed by atoms with Crippen LogP contribution in [-0.2, 0) is 19.6 Å². The Morgan fingerprint density at radius 2 is 2.03 bits per heavy atom. The number of oxazole rings is 1. The molecule has 0 aliphatic carbocycles. The fraction of sp³-hybridized carbons (Fsp3) is 0.286. The summed E-state index contributed by atoms with van der Waals surface area (Å²) < 4.78 is 5.53. The fourth-order valence-electron chi connectivity index (χ4n) is 2.75. The number of halogens is 2. The second kappa shape index (κ2) is 9.87. The summed E-state index contributed by atoms with van der Waals surface area (Å²) in [6.07, 6.45) is 4.76. The van der Waals surface area contributed by atoms with Crippen LogP contribution in [0.5, 0.6) is 0 Å². The molecule has 0 aliphatic rings. The highest BCUT2D eigenvalue weighted by Crippen LogP contribution is 2.27. The molecule has 0 spiro atoms. The number of aromatic nitrogens is 2. The summed E-state index contributed by atoms with van der Waals surface area (Å²) in [5.74, 6) is 0.168. The van der Waals surface area contributed by atoms with Gasteiger partial charge in [-0.1, -0.05) is 41.4 Å². The van der Waals surface area contributed by atoms with Crippen molar-refractivity contribution in [2.75, 3.05) is 0 Å². The van der Waals surface area contributed by atoms with Crippen molar-refractivity contribution in [1.82, 2.24) is 20.2 Å². The van der Waals surface area contributed by atoms with Gasteiger partial charge in [0.05, 0.1) is 16.6 Å². The number of benzene rings is 1. The van der Waals surface area contributed by atoms with Crippen LogP contribution in [0.15, 0.2) is 53.4 Å². The lowest BCUT2D eigenvalue weighted by Gasteiger charge is -2.25. The zero-order valence-electron chi connectivity index (χ0n) is 16.2. The molecule has 2 aromatic heterocycles. The van der Waals surface area contributed by atoms with Gasteiger partial charge in [-0.25, -0.2) is 4.98 Å². The molecule has 3 rings (SSSR count). The summed E-state index contributed by atoms with van der Waals surface area (Å²) in [5.41, 5.74) is 2.08. The maximum Gasteiger partial charge on any atom is 0.273 e. The Hall–Kier alpha value is -2.41. The van der Waals surface area contributed by atoms with Crippen molar-refractivity contribution in [3.8, 4) is 0 Å². The number of pyridine rings is 1. The van der Waals surface area contributed by atoms with E-state index in [0.717, 1.165) is 11.1 Å². The Labute approximate surface area is 179 Å². The topological polar surface area (TPSA) is 71.3 Å². The third kappa shape index (κ3) is 5.79. The molecular formula is C21H22Cl2N4O2. The Bertz CT molecular complexity index is 960. The first kappa shape index (κ1) is 21.3. The van der Waals surface area contributed by atoms with Gasteiger partial charge in [0.2, 0.25) is 5.89 Å². The van der Waals surface area contributed by atoms with Crippen LogP contribution in [0.4, 0.5) is 0 Å². The van der Waals surface area contributed by atoms with Gasteiger partial charge < -0.3 is 9.73 Å². The Morgan fingerprint density at radius 1 is 1.21 bits per heavy atom. The zero-order chi connectivity index (χ0) is 20.8. The number of carbonyl (C=O) groups excluding carboxylic acids is 1. The zero-order valence-corrected chi connectivity index (χ0v) is 17.7. The molecule has 1 N–H and O–H groups in total. The normalized spacial score (nSPS) is 11.2. The maximum absolute atomic E-state index is 12.3. The van der Waals surface area contributed by atoms with Crippen LogP contribution in [-0.4, -0.2) is 26.8 Å². The lowest BCUT2D eigenvalue weighted by atomic mass is 10.2. The van der Waals surface area contributed by atoms with Crippen LogP contribution in [0, 0.1) is 0 Å². The molecule has 29 heavy (non-hydrogen) atoms. The summed E-state index contributed by atoms with van der Waals surface area (Å²) >= 11 is 12.4. The van der Waals surface area contributed by atoms with E-state index in [-0.39, 0.29) is 17.6 Å². The van der Waals surface area contributed by atoms with E-state index in [0.29, 0.717) is 35.6 Å². The molecule has 0 atom stereocenters. The highest BCUT2D eigenvalue weighted by molar-refractivity contribution is 6.42. The van der Waals surface area contributed by atoms with Crippen molar-refractivity contribution >= 4 is 29.1 Å². The van der Waals surface area contributed by atoms with Crippen molar-refractivity contribution in [3.63, 3.8) is 0 Å². The van der Waals surface area contributed by atoms with Gasteiger partial charge in [0.25, 0.3) is 5.91 Å². The number of nitrogens with one attached hydrogen (secondary N) is 1. The third-order valence-electron chi connectivity index (χ3n) is 4.43. The SMILES string of the molecule is CC(C)N(Cc1nc(C(=O)NCc2cccnc2)co1)Cc1cccc(Cl)c1Cl. The van der Waals surface area contributed by atoms with E-state index in [2.05, 4.69) is 34.0 Å². The van der Waals surface area contributed by atoms with Crippen molar-refractivity contribution in [3.05, 3.63) is 81.7 Å². The van der Waals surface area contributed by atoms with Crippen LogP contribution in [0.2, 0.25) is 10.0 Å². The van der Waals surface area contributed by atoms with Gasteiger partial charge in [-0.15, -0.1) is 0 Å². The predicted octanol–water partition coefficient (Wildman–Crippen LogP) is 4.72. The minimum Gasteiger partial charge on any atom is -0.447 e. The predicted molar refractivity (Wildman–Crippen MR) is 113 cm³/mol. The highest BCUT2D eigenvalue weighted by atomic mass is 35.5. The second-order valence-corrected chi connectivity index (χ2v) is 7.67. The third-order valence-corrected chi connectivity index (χ3v) is 5.29. The Balaban J connectivity index is 1.63. The molecule has 3 aromatic rings. The van der Waals surface area contributed by atoms with Crippen LogP contribution < -0.4 is 5.32 Å². The molecule has 8 heteroatoms. The van der Waals surface area contributed by atoms with Crippen molar-refractivity contribution in [1.29, 1.82) is 0 Å². The average Bonchev–Trinajstić information content (AvgIpc) is 3.18. The van der Waals surface area contributed by atoms with E-state index in [1.165, 1.54) is 6.26 Å². The number of hydrogen-bond donors (Lipinski definition) is 1. The average molecular weight is 433 g/mol. The largest absolute Gasteiger partial charge is 0.447 e. The molecule has 6 nitrogen and oxygen atoms in total. The molecule has 152 valence electrons. The van der Waals surface area contributed by atoms with Crippen LogP contribution in [0.1, 0.15) is 41.4 Å². The lowest BCUT2D eigenvalue weighted by Crippen LogP contribution is -2.30. The number of amides is 1. The van der Waals surface area contributed by atoms with Crippen LogP contribution in [0.25, 0.3) is 0 Å². The minimum absolute atomic E-state index is 0.208. The van der Waals surface area contributed by atoms with E-state index in [9.17, 15) is 4.79 Å². The number of hydrogen-bond acceptors (Lipinski definition) is 5. The standard InChI is InChI=1S/C21H22Cl2N4O2/c1-14(2)27(11-16-6-3-7-17(22)20(16)23)12-19-26-18(13-29-19)21(28)25-10-15-5-4-8-24-9-15/h3-9,13-14H,10-12H2,1-2H3,(H,25,28). The van der Waals surface area contributed by atoms with Crippen molar-refractivity contribution in [2.45, 2.75) is 39.5 Å². The molecule has 0 unspecified atom stereocenters. The van der Waals surface area contributed by atoms with E-state index in [1.807, 2.05) is 24.3 Å². The quantitative estimate of drug-likeness (QED) is 0.557. The van der Waals surface area contributed by atoms with E-state index in [1.54, 1.807) is 18.5 Å². The van der Waals surface area contributed by atoms with Gasteiger partial charge in [-0.3, -0.25) is 14.7 Å².